The lowest BCUT2D eigenvalue weighted by Crippen LogP contribution is -2.26. The Labute approximate surface area is 137 Å². The normalized spacial score (nSPS) is 10.4. The molecule has 0 aliphatic heterocycles. The van der Waals surface area contributed by atoms with Crippen LogP contribution in [-0.4, -0.2) is 32.1 Å². The number of hydrogen-bond acceptors (Lipinski definition) is 4. The minimum atomic E-state index is -0.175. The Hall–Kier alpha value is -1.95. The van der Waals surface area contributed by atoms with Crippen molar-refractivity contribution in [2.24, 2.45) is 0 Å². The van der Waals surface area contributed by atoms with E-state index in [1.165, 1.54) is 7.11 Å². The van der Waals surface area contributed by atoms with Crippen molar-refractivity contribution in [1.82, 2.24) is 4.90 Å². The van der Waals surface area contributed by atoms with Crippen LogP contribution in [0.15, 0.2) is 33.2 Å². The van der Waals surface area contributed by atoms with Crippen LogP contribution in [0.3, 0.4) is 0 Å². The highest BCUT2D eigenvalue weighted by molar-refractivity contribution is 9.10. The SMILES string of the molecule is COc1cc(Br)c(OC)c(C(=O)N(C)Cc2ccc(C)o2)c1. The summed E-state index contributed by atoms with van der Waals surface area (Å²) in [6.07, 6.45) is 0. The number of hydrogen-bond donors (Lipinski definition) is 0. The number of rotatable bonds is 5. The van der Waals surface area contributed by atoms with E-state index in [4.69, 9.17) is 13.9 Å². The summed E-state index contributed by atoms with van der Waals surface area (Å²) in [5.74, 6) is 2.43. The van der Waals surface area contributed by atoms with Crippen LogP contribution in [0.1, 0.15) is 21.9 Å². The van der Waals surface area contributed by atoms with Crippen LogP contribution in [0.4, 0.5) is 0 Å². The fourth-order valence-electron chi connectivity index (χ4n) is 2.13. The molecule has 0 atom stereocenters. The van der Waals surface area contributed by atoms with Crippen LogP contribution in [-0.2, 0) is 6.54 Å². The van der Waals surface area contributed by atoms with Crippen molar-refractivity contribution in [1.29, 1.82) is 0 Å². The largest absolute Gasteiger partial charge is 0.497 e. The molecule has 1 amide bonds. The summed E-state index contributed by atoms with van der Waals surface area (Å²) in [4.78, 5) is 14.3. The third-order valence-corrected chi connectivity index (χ3v) is 3.81. The summed E-state index contributed by atoms with van der Waals surface area (Å²) in [6.45, 7) is 2.25. The predicted octanol–water partition coefficient (Wildman–Crippen LogP) is 3.64. The smallest absolute Gasteiger partial charge is 0.257 e. The molecule has 22 heavy (non-hydrogen) atoms. The van der Waals surface area contributed by atoms with E-state index in [0.29, 0.717) is 28.1 Å². The molecular weight excluding hydrogens is 350 g/mol. The van der Waals surface area contributed by atoms with Gasteiger partial charge in [-0.1, -0.05) is 0 Å². The molecule has 118 valence electrons. The van der Waals surface area contributed by atoms with Gasteiger partial charge in [-0.2, -0.15) is 0 Å². The van der Waals surface area contributed by atoms with Crippen molar-refractivity contribution < 1.29 is 18.7 Å². The van der Waals surface area contributed by atoms with Crippen LogP contribution >= 0.6 is 15.9 Å². The first-order valence-electron chi connectivity index (χ1n) is 6.68. The molecule has 5 nitrogen and oxygen atoms in total. The van der Waals surface area contributed by atoms with Crippen molar-refractivity contribution >= 4 is 21.8 Å². The number of carbonyl (C=O) groups excluding carboxylic acids is 1. The minimum Gasteiger partial charge on any atom is -0.497 e. The maximum atomic E-state index is 12.7. The van der Waals surface area contributed by atoms with E-state index in [9.17, 15) is 4.79 Å². The monoisotopic (exact) mass is 367 g/mol. The van der Waals surface area contributed by atoms with Gasteiger partial charge in [-0.3, -0.25) is 4.79 Å². The molecule has 2 rings (SSSR count). The second-order valence-corrected chi connectivity index (χ2v) is 5.72. The highest BCUT2D eigenvalue weighted by atomic mass is 79.9. The summed E-state index contributed by atoms with van der Waals surface area (Å²) < 4.78 is 16.7. The van der Waals surface area contributed by atoms with Crippen LogP contribution in [0.25, 0.3) is 0 Å². The van der Waals surface area contributed by atoms with E-state index in [0.717, 1.165) is 11.5 Å². The molecule has 0 N–H and O–H groups in total. The standard InChI is InChI=1S/C16H18BrNO4/c1-10-5-6-11(22-10)9-18(2)16(19)13-7-12(20-3)8-14(17)15(13)21-4/h5-8H,9H2,1-4H3. The summed E-state index contributed by atoms with van der Waals surface area (Å²) >= 11 is 3.39. The third kappa shape index (κ3) is 3.44. The molecular formula is C16H18BrNO4. The molecule has 0 fully saturated rings. The second kappa shape index (κ2) is 6.87. The summed E-state index contributed by atoms with van der Waals surface area (Å²) in [7, 11) is 4.80. The molecule has 0 saturated heterocycles. The Morgan fingerprint density at radius 1 is 1.27 bits per heavy atom. The third-order valence-electron chi connectivity index (χ3n) is 3.22. The van der Waals surface area contributed by atoms with Gasteiger partial charge in [0.1, 0.15) is 23.0 Å². The van der Waals surface area contributed by atoms with Crippen molar-refractivity contribution in [2.45, 2.75) is 13.5 Å². The van der Waals surface area contributed by atoms with Gasteiger partial charge in [0.05, 0.1) is 30.8 Å². The quantitative estimate of drug-likeness (QED) is 0.809. The molecule has 0 aliphatic rings. The number of halogens is 1. The topological polar surface area (TPSA) is 51.9 Å². The number of carbonyl (C=O) groups is 1. The molecule has 1 heterocycles. The van der Waals surface area contributed by atoms with Gasteiger partial charge in [-0.15, -0.1) is 0 Å². The molecule has 2 aromatic rings. The van der Waals surface area contributed by atoms with Crippen molar-refractivity contribution in [2.75, 3.05) is 21.3 Å². The highest BCUT2D eigenvalue weighted by Crippen LogP contribution is 2.34. The Kier molecular flexibility index (Phi) is 5.13. The van der Waals surface area contributed by atoms with E-state index < -0.39 is 0 Å². The fraction of sp³-hybridized carbons (Fsp3) is 0.312. The van der Waals surface area contributed by atoms with Gasteiger partial charge in [-0.05, 0) is 47.1 Å². The number of methoxy groups -OCH3 is 2. The van der Waals surface area contributed by atoms with Crippen LogP contribution in [0.2, 0.25) is 0 Å². The van der Waals surface area contributed by atoms with Crippen LogP contribution < -0.4 is 9.47 Å². The van der Waals surface area contributed by atoms with Gasteiger partial charge >= 0.3 is 0 Å². The molecule has 6 heteroatoms. The van der Waals surface area contributed by atoms with Gasteiger partial charge < -0.3 is 18.8 Å². The molecule has 1 aromatic carbocycles. The number of aryl methyl sites for hydroxylation is 1. The summed E-state index contributed by atoms with van der Waals surface area (Å²) in [5.41, 5.74) is 0.430. The van der Waals surface area contributed by atoms with Crippen LogP contribution in [0, 0.1) is 6.92 Å². The van der Waals surface area contributed by atoms with Crippen molar-refractivity contribution in [3.63, 3.8) is 0 Å². The van der Waals surface area contributed by atoms with Gasteiger partial charge in [-0.25, -0.2) is 0 Å². The zero-order valence-electron chi connectivity index (χ0n) is 13.0. The number of benzene rings is 1. The number of nitrogens with zero attached hydrogens (tertiary/aromatic N) is 1. The fourth-order valence-corrected chi connectivity index (χ4v) is 2.74. The molecule has 0 aliphatic carbocycles. The lowest BCUT2D eigenvalue weighted by Gasteiger charge is -2.19. The zero-order chi connectivity index (χ0) is 16.3. The number of ether oxygens (including phenoxy) is 2. The minimum absolute atomic E-state index is 0.175. The Bertz CT molecular complexity index is 681. The first-order chi connectivity index (χ1) is 10.5. The predicted molar refractivity (Wildman–Crippen MR) is 86.5 cm³/mol. The summed E-state index contributed by atoms with van der Waals surface area (Å²) in [5, 5.41) is 0. The maximum absolute atomic E-state index is 12.7. The average molecular weight is 368 g/mol. The number of amides is 1. The van der Waals surface area contributed by atoms with Gasteiger partial charge in [0.25, 0.3) is 5.91 Å². The molecule has 0 saturated carbocycles. The van der Waals surface area contributed by atoms with Crippen molar-refractivity contribution in [3.05, 3.63) is 45.8 Å². The van der Waals surface area contributed by atoms with E-state index in [-0.39, 0.29) is 5.91 Å². The van der Waals surface area contributed by atoms with E-state index in [1.807, 2.05) is 19.1 Å². The van der Waals surface area contributed by atoms with E-state index in [2.05, 4.69) is 15.9 Å². The molecule has 0 spiro atoms. The van der Waals surface area contributed by atoms with Gasteiger partial charge in [0, 0.05) is 7.05 Å². The lowest BCUT2D eigenvalue weighted by molar-refractivity contribution is 0.0771. The first-order valence-corrected chi connectivity index (χ1v) is 7.48. The Balaban J connectivity index is 2.29. The molecule has 1 aromatic heterocycles. The summed E-state index contributed by atoms with van der Waals surface area (Å²) in [6, 6.07) is 7.15. The van der Waals surface area contributed by atoms with E-state index >= 15 is 0 Å². The average Bonchev–Trinajstić information content (AvgIpc) is 2.90. The van der Waals surface area contributed by atoms with E-state index in [1.54, 1.807) is 31.2 Å². The molecule has 0 unspecified atom stereocenters. The lowest BCUT2D eigenvalue weighted by atomic mass is 10.1. The Morgan fingerprint density at radius 3 is 2.55 bits per heavy atom. The molecule has 0 radical (unpaired) electrons. The number of furan rings is 1. The zero-order valence-corrected chi connectivity index (χ0v) is 14.6. The Morgan fingerprint density at radius 2 is 2.00 bits per heavy atom. The van der Waals surface area contributed by atoms with Crippen LogP contribution in [0.5, 0.6) is 11.5 Å². The van der Waals surface area contributed by atoms with Crippen molar-refractivity contribution in [3.8, 4) is 11.5 Å². The van der Waals surface area contributed by atoms with Gasteiger partial charge in [0.2, 0.25) is 0 Å². The first kappa shape index (κ1) is 16.4. The highest BCUT2D eigenvalue weighted by Gasteiger charge is 2.21. The maximum Gasteiger partial charge on any atom is 0.257 e. The second-order valence-electron chi connectivity index (χ2n) is 4.86. The molecule has 0 bridgehead atoms. The van der Waals surface area contributed by atoms with Gasteiger partial charge in [0.15, 0.2) is 0 Å².